The molecule has 0 aliphatic rings. The van der Waals surface area contributed by atoms with Gasteiger partial charge in [0.1, 0.15) is 0 Å². The van der Waals surface area contributed by atoms with Crippen molar-refractivity contribution in [1.82, 2.24) is 10.2 Å². The summed E-state index contributed by atoms with van der Waals surface area (Å²) in [6.45, 7) is 5.51. The molecule has 2 amide bonds. The van der Waals surface area contributed by atoms with Gasteiger partial charge in [0, 0.05) is 12.6 Å². The first kappa shape index (κ1) is 14.3. The second-order valence-corrected chi connectivity index (χ2v) is 3.77. The molecule has 5 heteroatoms. The quantitative estimate of drug-likeness (QED) is 0.684. The van der Waals surface area contributed by atoms with Crippen LogP contribution in [-0.2, 0) is 4.79 Å². The Morgan fingerprint density at radius 3 is 2.38 bits per heavy atom. The third-order valence-corrected chi connectivity index (χ3v) is 2.04. The minimum absolute atomic E-state index is 0.0654. The van der Waals surface area contributed by atoms with Crippen LogP contribution in [0.2, 0.25) is 0 Å². The number of amides is 2. The van der Waals surface area contributed by atoms with Crippen molar-refractivity contribution < 1.29 is 14.7 Å². The first-order chi connectivity index (χ1) is 7.38. The van der Waals surface area contributed by atoms with E-state index in [1.807, 2.05) is 13.8 Å². The van der Waals surface area contributed by atoms with Crippen molar-refractivity contribution in [2.75, 3.05) is 6.54 Å². The van der Waals surface area contributed by atoms with Gasteiger partial charge in [-0.1, -0.05) is 5.92 Å². The van der Waals surface area contributed by atoms with Crippen molar-refractivity contribution in [1.29, 1.82) is 0 Å². The summed E-state index contributed by atoms with van der Waals surface area (Å²) in [5, 5.41) is 11.2. The van der Waals surface area contributed by atoms with Crippen LogP contribution in [0.15, 0.2) is 0 Å². The Bertz CT molecular complexity index is 294. The minimum atomic E-state index is -0.927. The maximum atomic E-state index is 11.7. The smallest absolute Gasteiger partial charge is 0.318 e. The van der Waals surface area contributed by atoms with E-state index in [0.29, 0.717) is 0 Å². The Labute approximate surface area is 95.8 Å². The van der Waals surface area contributed by atoms with Crippen LogP contribution in [0.5, 0.6) is 0 Å². The highest BCUT2D eigenvalue weighted by atomic mass is 16.4. The zero-order chi connectivity index (χ0) is 12.7. The number of hydrogen-bond acceptors (Lipinski definition) is 2. The summed E-state index contributed by atoms with van der Waals surface area (Å²) in [6, 6.07) is -0.760. The standard InChI is InChI=1S/C11H18N2O3/c1-5-9(4)12-11(16)13(8(2)3)7-6-10(14)15/h1,8-9H,6-7H2,2-4H3,(H,12,16)(H,14,15). The number of terminal acetylenes is 1. The lowest BCUT2D eigenvalue weighted by Crippen LogP contribution is -2.47. The Morgan fingerprint density at radius 2 is 2.00 bits per heavy atom. The van der Waals surface area contributed by atoms with E-state index >= 15 is 0 Å². The van der Waals surface area contributed by atoms with E-state index in [1.54, 1.807) is 6.92 Å². The van der Waals surface area contributed by atoms with Crippen molar-refractivity contribution in [2.24, 2.45) is 0 Å². The van der Waals surface area contributed by atoms with Gasteiger partial charge >= 0.3 is 12.0 Å². The number of carboxylic acids is 1. The first-order valence-electron chi connectivity index (χ1n) is 5.13. The largest absolute Gasteiger partial charge is 0.481 e. The lowest BCUT2D eigenvalue weighted by Gasteiger charge is -2.27. The Morgan fingerprint density at radius 1 is 1.44 bits per heavy atom. The molecule has 0 bridgehead atoms. The molecule has 0 aromatic heterocycles. The molecule has 0 aromatic carbocycles. The Balaban J connectivity index is 4.36. The van der Waals surface area contributed by atoms with E-state index in [4.69, 9.17) is 11.5 Å². The van der Waals surface area contributed by atoms with Crippen LogP contribution in [0, 0.1) is 12.3 Å². The van der Waals surface area contributed by atoms with E-state index in [1.165, 1.54) is 4.90 Å². The second-order valence-electron chi connectivity index (χ2n) is 3.77. The summed E-state index contributed by atoms with van der Waals surface area (Å²) in [4.78, 5) is 23.6. The average molecular weight is 226 g/mol. The van der Waals surface area contributed by atoms with Crippen molar-refractivity contribution in [3.63, 3.8) is 0 Å². The van der Waals surface area contributed by atoms with Crippen LogP contribution < -0.4 is 5.32 Å². The summed E-state index contributed by atoms with van der Waals surface area (Å²) in [5.41, 5.74) is 0. The average Bonchev–Trinajstić information content (AvgIpc) is 2.16. The molecular formula is C11H18N2O3. The van der Waals surface area contributed by atoms with Gasteiger partial charge in [0.05, 0.1) is 12.5 Å². The molecule has 0 fully saturated rings. The maximum absolute atomic E-state index is 11.7. The molecule has 1 unspecified atom stereocenters. The van der Waals surface area contributed by atoms with Gasteiger partial charge in [-0.2, -0.15) is 0 Å². The van der Waals surface area contributed by atoms with Gasteiger partial charge in [0.15, 0.2) is 0 Å². The highest BCUT2D eigenvalue weighted by molar-refractivity contribution is 5.76. The number of nitrogens with one attached hydrogen (secondary N) is 1. The van der Waals surface area contributed by atoms with E-state index in [-0.39, 0.29) is 31.1 Å². The molecule has 0 spiro atoms. The molecule has 0 heterocycles. The number of aliphatic carboxylic acids is 1. The zero-order valence-electron chi connectivity index (χ0n) is 9.86. The van der Waals surface area contributed by atoms with Gasteiger partial charge in [-0.15, -0.1) is 6.42 Å². The highest BCUT2D eigenvalue weighted by Gasteiger charge is 2.18. The number of nitrogens with zero attached hydrogens (tertiary/aromatic N) is 1. The minimum Gasteiger partial charge on any atom is -0.481 e. The first-order valence-corrected chi connectivity index (χ1v) is 5.13. The summed E-state index contributed by atoms with van der Waals surface area (Å²) in [6.07, 6.45) is 5.07. The lowest BCUT2D eigenvalue weighted by molar-refractivity contribution is -0.137. The van der Waals surface area contributed by atoms with Gasteiger partial charge in [0.2, 0.25) is 0 Å². The van der Waals surface area contributed by atoms with Gasteiger partial charge in [-0.05, 0) is 20.8 Å². The van der Waals surface area contributed by atoms with Crippen molar-refractivity contribution >= 4 is 12.0 Å². The van der Waals surface area contributed by atoms with E-state index < -0.39 is 5.97 Å². The number of carboxylic acid groups (broad SMARTS) is 1. The number of carbonyl (C=O) groups is 2. The lowest BCUT2D eigenvalue weighted by atomic mass is 10.3. The second kappa shape index (κ2) is 6.72. The summed E-state index contributed by atoms with van der Waals surface area (Å²) in [7, 11) is 0. The molecule has 0 aliphatic carbocycles. The molecule has 90 valence electrons. The molecule has 0 aliphatic heterocycles. The predicted molar refractivity (Wildman–Crippen MR) is 60.9 cm³/mol. The number of rotatable bonds is 5. The van der Waals surface area contributed by atoms with Crippen LogP contribution in [0.25, 0.3) is 0 Å². The van der Waals surface area contributed by atoms with Crippen LogP contribution in [0.4, 0.5) is 4.79 Å². The SMILES string of the molecule is C#CC(C)NC(=O)N(CCC(=O)O)C(C)C. The van der Waals surface area contributed by atoms with Crippen molar-refractivity contribution in [3.05, 3.63) is 0 Å². The highest BCUT2D eigenvalue weighted by Crippen LogP contribution is 2.01. The molecular weight excluding hydrogens is 208 g/mol. The molecule has 2 N–H and O–H groups in total. The fourth-order valence-corrected chi connectivity index (χ4v) is 1.12. The molecule has 16 heavy (non-hydrogen) atoms. The number of hydrogen-bond donors (Lipinski definition) is 2. The third kappa shape index (κ3) is 5.25. The van der Waals surface area contributed by atoms with Crippen LogP contribution in [0.3, 0.4) is 0 Å². The van der Waals surface area contributed by atoms with E-state index in [0.717, 1.165) is 0 Å². The van der Waals surface area contributed by atoms with Crippen LogP contribution >= 0.6 is 0 Å². The van der Waals surface area contributed by atoms with Crippen LogP contribution in [0.1, 0.15) is 27.2 Å². The van der Waals surface area contributed by atoms with E-state index in [9.17, 15) is 9.59 Å². The van der Waals surface area contributed by atoms with E-state index in [2.05, 4.69) is 11.2 Å². The normalized spacial score (nSPS) is 11.7. The molecule has 0 radical (unpaired) electrons. The Kier molecular flexibility index (Phi) is 6.01. The van der Waals surface area contributed by atoms with Gasteiger partial charge in [-0.25, -0.2) is 4.79 Å². The predicted octanol–water partition coefficient (Wildman–Crippen LogP) is 0.903. The summed E-state index contributed by atoms with van der Waals surface area (Å²) in [5.74, 6) is 1.45. The fraction of sp³-hybridized carbons (Fsp3) is 0.636. The molecule has 0 rings (SSSR count). The van der Waals surface area contributed by atoms with Crippen LogP contribution in [-0.4, -0.2) is 40.6 Å². The molecule has 0 saturated carbocycles. The fourth-order valence-electron chi connectivity index (χ4n) is 1.12. The van der Waals surface area contributed by atoms with Gasteiger partial charge in [0.25, 0.3) is 0 Å². The maximum Gasteiger partial charge on any atom is 0.318 e. The monoisotopic (exact) mass is 226 g/mol. The summed E-state index contributed by atoms with van der Waals surface area (Å²) >= 11 is 0. The van der Waals surface area contributed by atoms with Gasteiger partial charge < -0.3 is 15.3 Å². The summed E-state index contributed by atoms with van der Waals surface area (Å²) < 4.78 is 0. The van der Waals surface area contributed by atoms with Crippen molar-refractivity contribution in [2.45, 2.75) is 39.3 Å². The molecule has 0 aromatic rings. The topological polar surface area (TPSA) is 69.6 Å². The van der Waals surface area contributed by atoms with Gasteiger partial charge in [-0.3, -0.25) is 4.79 Å². The number of carbonyl (C=O) groups excluding carboxylic acids is 1. The zero-order valence-corrected chi connectivity index (χ0v) is 9.86. The molecule has 0 saturated heterocycles. The molecule has 5 nitrogen and oxygen atoms in total. The Hall–Kier alpha value is -1.70. The number of urea groups is 1. The molecule has 1 atom stereocenters. The third-order valence-electron chi connectivity index (χ3n) is 2.04. The van der Waals surface area contributed by atoms with Crippen molar-refractivity contribution in [3.8, 4) is 12.3 Å².